The summed E-state index contributed by atoms with van der Waals surface area (Å²) in [7, 11) is 3.21. The van der Waals surface area contributed by atoms with E-state index >= 15 is 0 Å². The summed E-state index contributed by atoms with van der Waals surface area (Å²) >= 11 is 0. The third kappa shape index (κ3) is 2.93. The maximum atomic E-state index is 12.4. The second-order valence-electron chi connectivity index (χ2n) is 5.73. The SMILES string of the molecule is COc1ccc(NC(=O)c2cc3cc4cc(OC)ccc4nc3o2)cc1. The molecular weight excluding hydrogens is 332 g/mol. The van der Waals surface area contributed by atoms with Gasteiger partial charge in [-0.25, -0.2) is 4.98 Å². The van der Waals surface area contributed by atoms with E-state index in [4.69, 9.17) is 13.9 Å². The van der Waals surface area contributed by atoms with E-state index < -0.39 is 0 Å². The molecule has 0 atom stereocenters. The molecule has 6 nitrogen and oxygen atoms in total. The average Bonchev–Trinajstić information content (AvgIpc) is 3.09. The van der Waals surface area contributed by atoms with E-state index in [1.165, 1.54) is 0 Å². The van der Waals surface area contributed by atoms with Gasteiger partial charge in [0.1, 0.15) is 11.5 Å². The summed E-state index contributed by atoms with van der Waals surface area (Å²) in [5.74, 6) is 1.33. The van der Waals surface area contributed by atoms with Gasteiger partial charge in [0.25, 0.3) is 5.91 Å². The number of carbonyl (C=O) groups is 1. The number of nitrogens with one attached hydrogen (secondary N) is 1. The van der Waals surface area contributed by atoms with Crippen LogP contribution in [0.3, 0.4) is 0 Å². The molecule has 2 aromatic heterocycles. The van der Waals surface area contributed by atoms with Crippen molar-refractivity contribution in [2.24, 2.45) is 0 Å². The van der Waals surface area contributed by atoms with Gasteiger partial charge < -0.3 is 19.2 Å². The van der Waals surface area contributed by atoms with Gasteiger partial charge in [0.2, 0.25) is 5.71 Å². The number of nitrogens with zero attached hydrogens (tertiary/aromatic N) is 1. The molecule has 0 aliphatic heterocycles. The number of ether oxygens (including phenoxy) is 2. The fourth-order valence-corrected chi connectivity index (χ4v) is 2.72. The van der Waals surface area contributed by atoms with Crippen LogP contribution in [0.1, 0.15) is 10.6 Å². The summed E-state index contributed by atoms with van der Waals surface area (Å²) < 4.78 is 16.0. The largest absolute Gasteiger partial charge is 0.497 e. The topological polar surface area (TPSA) is 73.6 Å². The van der Waals surface area contributed by atoms with Gasteiger partial charge in [-0.2, -0.15) is 0 Å². The highest BCUT2D eigenvalue weighted by molar-refractivity contribution is 6.05. The Morgan fingerprint density at radius 2 is 1.65 bits per heavy atom. The number of aromatic nitrogens is 1. The molecule has 0 saturated heterocycles. The van der Waals surface area contributed by atoms with E-state index in [0.717, 1.165) is 27.8 Å². The van der Waals surface area contributed by atoms with Crippen molar-refractivity contribution in [1.82, 2.24) is 4.98 Å². The fraction of sp³-hybridized carbons (Fsp3) is 0.100. The molecule has 1 amide bonds. The van der Waals surface area contributed by atoms with E-state index in [2.05, 4.69) is 10.3 Å². The van der Waals surface area contributed by atoms with Crippen LogP contribution in [0.25, 0.3) is 22.0 Å². The number of benzene rings is 2. The van der Waals surface area contributed by atoms with Crippen molar-refractivity contribution in [2.75, 3.05) is 19.5 Å². The maximum Gasteiger partial charge on any atom is 0.291 e. The first-order valence-corrected chi connectivity index (χ1v) is 8.00. The molecule has 0 bridgehead atoms. The molecule has 0 aliphatic rings. The zero-order valence-electron chi connectivity index (χ0n) is 14.3. The molecule has 2 heterocycles. The van der Waals surface area contributed by atoms with Crippen LogP contribution in [-0.2, 0) is 0 Å². The van der Waals surface area contributed by atoms with Gasteiger partial charge in [-0.05, 0) is 54.6 Å². The summed E-state index contributed by atoms with van der Waals surface area (Å²) in [5, 5.41) is 4.47. The molecule has 26 heavy (non-hydrogen) atoms. The minimum atomic E-state index is -0.338. The Kier molecular flexibility index (Phi) is 3.93. The van der Waals surface area contributed by atoms with Gasteiger partial charge in [-0.3, -0.25) is 4.79 Å². The van der Waals surface area contributed by atoms with Gasteiger partial charge >= 0.3 is 0 Å². The minimum Gasteiger partial charge on any atom is -0.497 e. The highest BCUT2D eigenvalue weighted by Crippen LogP contribution is 2.26. The van der Waals surface area contributed by atoms with E-state index in [9.17, 15) is 4.79 Å². The Morgan fingerprint density at radius 3 is 2.38 bits per heavy atom. The highest BCUT2D eigenvalue weighted by atomic mass is 16.5. The molecule has 1 N–H and O–H groups in total. The molecule has 4 rings (SSSR count). The van der Waals surface area contributed by atoms with E-state index in [1.54, 1.807) is 44.6 Å². The van der Waals surface area contributed by atoms with Crippen molar-refractivity contribution in [3.8, 4) is 11.5 Å². The smallest absolute Gasteiger partial charge is 0.291 e. The molecule has 0 radical (unpaired) electrons. The van der Waals surface area contributed by atoms with Crippen LogP contribution in [0.15, 0.2) is 59.0 Å². The number of hydrogen-bond donors (Lipinski definition) is 1. The summed E-state index contributed by atoms with van der Waals surface area (Å²) in [6.45, 7) is 0. The molecule has 0 unspecified atom stereocenters. The molecule has 4 aromatic rings. The molecule has 130 valence electrons. The summed E-state index contributed by atoms with van der Waals surface area (Å²) in [6.07, 6.45) is 0. The Morgan fingerprint density at radius 1 is 0.923 bits per heavy atom. The quantitative estimate of drug-likeness (QED) is 0.597. The van der Waals surface area contributed by atoms with Gasteiger partial charge in [0.15, 0.2) is 5.76 Å². The number of fused-ring (bicyclic) bond motifs is 2. The summed E-state index contributed by atoms with van der Waals surface area (Å²) in [6, 6.07) is 16.3. The molecule has 2 aromatic carbocycles. The van der Waals surface area contributed by atoms with Crippen LogP contribution < -0.4 is 14.8 Å². The normalized spacial score (nSPS) is 10.8. The van der Waals surface area contributed by atoms with Crippen molar-refractivity contribution in [3.63, 3.8) is 0 Å². The van der Waals surface area contributed by atoms with Gasteiger partial charge in [-0.1, -0.05) is 0 Å². The fourth-order valence-electron chi connectivity index (χ4n) is 2.72. The Balaban J connectivity index is 1.65. The number of anilines is 1. The van der Waals surface area contributed by atoms with Gasteiger partial charge in [0, 0.05) is 16.5 Å². The lowest BCUT2D eigenvalue weighted by Gasteiger charge is -2.04. The predicted molar refractivity (Wildman–Crippen MR) is 99.0 cm³/mol. The summed E-state index contributed by atoms with van der Waals surface area (Å²) in [5.41, 5.74) is 1.84. The monoisotopic (exact) mass is 348 g/mol. The average molecular weight is 348 g/mol. The number of furan rings is 1. The van der Waals surface area contributed by atoms with Crippen molar-refractivity contribution in [3.05, 3.63) is 60.4 Å². The molecule has 0 fully saturated rings. The molecular formula is C20H16N2O4. The lowest BCUT2D eigenvalue weighted by molar-refractivity contribution is 0.0998. The number of carbonyl (C=O) groups excluding carboxylic acids is 1. The number of rotatable bonds is 4. The lowest BCUT2D eigenvalue weighted by Crippen LogP contribution is -2.10. The van der Waals surface area contributed by atoms with Crippen molar-refractivity contribution >= 4 is 33.6 Å². The number of pyridine rings is 1. The van der Waals surface area contributed by atoms with Crippen molar-refractivity contribution in [2.45, 2.75) is 0 Å². The van der Waals surface area contributed by atoms with Crippen LogP contribution >= 0.6 is 0 Å². The first kappa shape index (κ1) is 16.0. The Bertz CT molecular complexity index is 1100. The van der Waals surface area contributed by atoms with Gasteiger partial charge in [-0.15, -0.1) is 0 Å². The standard InChI is InChI=1S/C20H16N2O4/c1-24-15-5-3-14(4-6-15)21-19(23)18-11-13-9-12-10-16(25-2)7-8-17(12)22-20(13)26-18/h3-11H,1-2H3,(H,21,23). The van der Waals surface area contributed by atoms with E-state index in [0.29, 0.717) is 11.4 Å². The second-order valence-corrected chi connectivity index (χ2v) is 5.73. The summed E-state index contributed by atoms with van der Waals surface area (Å²) in [4.78, 5) is 16.9. The van der Waals surface area contributed by atoms with E-state index in [1.807, 2.05) is 24.3 Å². The van der Waals surface area contributed by atoms with Gasteiger partial charge in [0.05, 0.1) is 19.7 Å². The first-order chi connectivity index (χ1) is 12.7. The van der Waals surface area contributed by atoms with Crippen LogP contribution in [-0.4, -0.2) is 25.1 Å². The third-order valence-electron chi connectivity index (χ3n) is 4.08. The van der Waals surface area contributed by atoms with Crippen LogP contribution in [0.4, 0.5) is 5.69 Å². The number of methoxy groups -OCH3 is 2. The minimum absolute atomic E-state index is 0.200. The van der Waals surface area contributed by atoms with Crippen molar-refractivity contribution in [1.29, 1.82) is 0 Å². The highest BCUT2D eigenvalue weighted by Gasteiger charge is 2.14. The zero-order chi connectivity index (χ0) is 18.1. The van der Waals surface area contributed by atoms with Crippen LogP contribution in [0.2, 0.25) is 0 Å². The first-order valence-electron chi connectivity index (χ1n) is 8.00. The van der Waals surface area contributed by atoms with Crippen LogP contribution in [0, 0.1) is 0 Å². The third-order valence-corrected chi connectivity index (χ3v) is 4.08. The Hall–Kier alpha value is -3.54. The maximum absolute atomic E-state index is 12.4. The number of amides is 1. The van der Waals surface area contributed by atoms with E-state index in [-0.39, 0.29) is 11.7 Å². The van der Waals surface area contributed by atoms with Crippen molar-refractivity contribution < 1.29 is 18.7 Å². The molecule has 0 saturated carbocycles. The molecule has 6 heteroatoms. The molecule has 0 spiro atoms. The lowest BCUT2D eigenvalue weighted by atomic mass is 10.2. The van der Waals surface area contributed by atoms with Crippen LogP contribution in [0.5, 0.6) is 11.5 Å². The Labute approximate surface area is 149 Å². The molecule has 0 aliphatic carbocycles. The second kappa shape index (κ2) is 6.40. The zero-order valence-corrected chi connectivity index (χ0v) is 14.3. The predicted octanol–water partition coefficient (Wildman–Crippen LogP) is 4.25. The number of hydrogen-bond acceptors (Lipinski definition) is 5.